The van der Waals surface area contributed by atoms with E-state index in [2.05, 4.69) is 20.7 Å². The molecule has 12 heteroatoms. The number of hydrogen-bond donors (Lipinski definition) is 1. The van der Waals surface area contributed by atoms with Crippen LogP contribution in [0.4, 0.5) is 18.3 Å². The number of carbonyl (C=O) groups excluding carboxylic acids is 1. The minimum atomic E-state index is -4.62. The molecule has 0 aliphatic heterocycles. The molecule has 0 saturated heterocycles. The molecule has 0 bridgehead atoms. The summed E-state index contributed by atoms with van der Waals surface area (Å²) in [6.07, 6.45) is -4.62. The second kappa shape index (κ2) is 8.07. The average molecular weight is 428 g/mol. The Morgan fingerprint density at radius 3 is 2.59 bits per heavy atom. The van der Waals surface area contributed by atoms with Gasteiger partial charge in [-0.05, 0) is 32.0 Å². The summed E-state index contributed by atoms with van der Waals surface area (Å²) in [5, 5.41) is 11.1. The number of halogens is 3. The highest BCUT2D eigenvalue weighted by atomic mass is 32.1. The Labute approximate surface area is 166 Å². The molecule has 0 unspecified atom stereocenters. The van der Waals surface area contributed by atoms with Crippen LogP contribution in [0.3, 0.4) is 0 Å². The van der Waals surface area contributed by atoms with E-state index in [9.17, 15) is 18.0 Å². The van der Waals surface area contributed by atoms with Gasteiger partial charge in [0.1, 0.15) is 12.4 Å². The number of alkyl halides is 3. The summed E-state index contributed by atoms with van der Waals surface area (Å²) in [5.41, 5.74) is 1.65. The summed E-state index contributed by atoms with van der Waals surface area (Å²) in [6, 6.07) is 4.38. The normalized spacial score (nSPS) is 11.4. The Hall–Kier alpha value is -3.15. The first-order valence-corrected chi connectivity index (χ1v) is 8.95. The van der Waals surface area contributed by atoms with E-state index in [1.165, 1.54) is 25.3 Å². The van der Waals surface area contributed by atoms with Crippen LogP contribution in [-0.4, -0.2) is 28.4 Å². The Balaban J connectivity index is 1.72. The van der Waals surface area contributed by atoms with Gasteiger partial charge in [-0.15, -0.1) is 10.2 Å². The van der Waals surface area contributed by atoms with Crippen molar-refractivity contribution >= 4 is 22.4 Å². The van der Waals surface area contributed by atoms with Crippen LogP contribution in [0.2, 0.25) is 0 Å². The number of amides is 1. The lowest BCUT2D eigenvalue weighted by Crippen LogP contribution is -2.12. The zero-order chi connectivity index (χ0) is 21.2. The summed E-state index contributed by atoms with van der Waals surface area (Å²) in [6.45, 7) is 3.74. The number of anilines is 1. The summed E-state index contributed by atoms with van der Waals surface area (Å²) in [4.78, 5) is 12.3. The van der Waals surface area contributed by atoms with E-state index in [4.69, 9.17) is 14.0 Å². The number of hydrogen-bond acceptors (Lipinski definition) is 8. The van der Waals surface area contributed by atoms with Crippen LogP contribution in [-0.2, 0) is 12.8 Å². The van der Waals surface area contributed by atoms with Crippen LogP contribution in [0, 0.1) is 13.8 Å². The first-order chi connectivity index (χ1) is 13.7. The number of benzene rings is 1. The highest BCUT2D eigenvalue weighted by Gasteiger charge is 2.35. The molecule has 2 heterocycles. The number of rotatable bonds is 6. The largest absolute Gasteiger partial charge is 0.493 e. The minimum Gasteiger partial charge on any atom is -0.493 e. The molecule has 3 rings (SSSR count). The number of methoxy groups -OCH3 is 1. The predicted molar refractivity (Wildman–Crippen MR) is 96.2 cm³/mol. The average Bonchev–Trinajstić information content (AvgIpc) is 3.27. The number of aromatic nitrogens is 3. The number of nitrogens with one attached hydrogen (secondary N) is 1. The molecule has 8 nitrogen and oxygen atoms in total. The summed E-state index contributed by atoms with van der Waals surface area (Å²) >= 11 is 0.235. The Morgan fingerprint density at radius 1 is 1.24 bits per heavy atom. The zero-order valence-electron chi connectivity index (χ0n) is 15.5. The zero-order valence-corrected chi connectivity index (χ0v) is 16.3. The van der Waals surface area contributed by atoms with Crippen LogP contribution in [0.5, 0.6) is 11.5 Å². The van der Waals surface area contributed by atoms with Crippen molar-refractivity contribution in [1.82, 2.24) is 15.4 Å². The maximum absolute atomic E-state index is 12.6. The molecule has 0 aliphatic rings. The maximum atomic E-state index is 12.6. The van der Waals surface area contributed by atoms with Gasteiger partial charge in [-0.2, -0.15) is 13.2 Å². The Morgan fingerprint density at radius 2 is 2.00 bits per heavy atom. The maximum Gasteiger partial charge on any atom is 0.445 e. The fourth-order valence-electron chi connectivity index (χ4n) is 2.34. The lowest BCUT2D eigenvalue weighted by molar-refractivity contribution is -0.138. The van der Waals surface area contributed by atoms with Crippen LogP contribution in [0.15, 0.2) is 22.7 Å². The summed E-state index contributed by atoms with van der Waals surface area (Å²) in [5.74, 6) is 0.621. The molecule has 3 aromatic rings. The van der Waals surface area contributed by atoms with Gasteiger partial charge < -0.3 is 14.0 Å². The van der Waals surface area contributed by atoms with Crippen molar-refractivity contribution in [3.63, 3.8) is 0 Å². The number of carbonyl (C=O) groups is 1. The molecule has 0 saturated carbocycles. The summed E-state index contributed by atoms with van der Waals surface area (Å²) < 4.78 is 53.8. The molecule has 0 fully saturated rings. The van der Waals surface area contributed by atoms with Gasteiger partial charge in [-0.1, -0.05) is 16.5 Å². The van der Waals surface area contributed by atoms with E-state index in [1.807, 2.05) is 0 Å². The molecule has 29 heavy (non-hydrogen) atoms. The second-order valence-electron chi connectivity index (χ2n) is 5.82. The number of nitrogens with zero attached hydrogens (tertiary/aromatic N) is 3. The molecule has 154 valence electrons. The van der Waals surface area contributed by atoms with Crippen LogP contribution in [0.25, 0.3) is 0 Å². The third-order valence-electron chi connectivity index (χ3n) is 3.87. The topological polar surface area (TPSA) is 99.4 Å². The molecule has 0 spiro atoms. The third-order valence-corrected chi connectivity index (χ3v) is 4.75. The fraction of sp³-hybridized carbons (Fsp3) is 0.294. The van der Waals surface area contributed by atoms with Gasteiger partial charge in [-0.3, -0.25) is 10.1 Å². The van der Waals surface area contributed by atoms with Gasteiger partial charge in [-0.25, -0.2) is 0 Å². The molecular formula is C17H15F3N4O4S. The monoisotopic (exact) mass is 428 g/mol. The molecule has 2 aromatic heterocycles. The van der Waals surface area contributed by atoms with Gasteiger partial charge in [0.05, 0.1) is 18.4 Å². The standard InChI is InChI=1S/C17H15F3N4O4S/c1-8-11(9(2)28-24-8)7-27-12-5-4-10(6-13(12)26-3)14(25)21-16-23-22-15(29-16)17(18,19)20/h4-6H,7H2,1-3H3,(H,21,23,25). The Kier molecular flexibility index (Phi) is 5.73. The number of ether oxygens (including phenoxy) is 2. The molecule has 0 aliphatic carbocycles. The quantitative estimate of drug-likeness (QED) is 0.633. The van der Waals surface area contributed by atoms with E-state index in [-0.39, 0.29) is 34.4 Å². The molecule has 1 N–H and O–H groups in total. The lowest BCUT2D eigenvalue weighted by Gasteiger charge is -2.12. The van der Waals surface area contributed by atoms with E-state index >= 15 is 0 Å². The van der Waals surface area contributed by atoms with E-state index in [0.717, 1.165) is 5.56 Å². The molecule has 0 atom stereocenters. The van der Waals surface area contributed by atoms with Gasteiger partial charge >= 0.3 is 6.18 Å². The lowest BCUT2D eigenvalue weighted by atomic mass is 10.2. The van der Waals surface area contributed by atoms with Gasteiger partial charge in [0, 0.05) is 5.56 Å². The van der Waals surface area contributed by atoms with Crippen molar-refractivity contribution in [2.45, 2.75) is 26.6 Å². The number of aryl methyl sites for hydroxylation is 2. The third kappa shape index (κ3) is 4.65. The van der Waals surface area contributed by atoms with Crippen LogP contribution < -0.4 is 14.8 Å². The molecule has 0 radical (unpaired) electrons. The fourth-order valence-corrected chi connectivity index (χ4v) is 2.95. The van der Waals surface area contributed by atoms with Crippen molar-refractivity contribution in [3.05, 3.63) is 45.8 Å². The van der Waals surface area contributed by atoms with Crippen molar-refractivity contribution in [2.75, 3.05) is 12.4 Å². The first kappa shape index (κ1) is 20.6. The molecular weight excluding hydrogens is 413 g/mol. The molecule has 1 amide bonds. The highest BCUT2D eigenvalue weighted by Crippen LogP contribution is 2.34. The SMILES string of the molecule is COc1cc(C(=O)Nc2nnc(C(F)(F)F)s2)ccc1OCc1c(C)noc1C. The Bertz CT molecular complexity index is 1010. The van der Waals surface area contributed by atoms with E-state index in [0.29, 0.717) is 17.2 Å². The van der Waals surface area contributed by atoms with Gasteiger partial charge in [0.25, 0.3) is 5.91 Å². The van der Waals surface area contributed by atoms with Gasteiger partial charge in [0.15, 0.2) is 11.5 Å². The molecule has 1 aromatic carbocycles. The smallest absolute Gasteiger partial charge is 0.445 e. The van der Waals surface area contributed by atoms with Crippen molar-refractivity contribution < 1.29 is 32.0 Å². The summed E-state index contributed by atoms with van der Waals surface area (Å²) in [7, 11) is 1.40. The van der Waals surface area contributed by atoms with Crippen molar-refractivity contribution in [2.24, 2.45) is 0 Å². The van der Waals surface area contributed by atoms with E-state index in [1.54, 1.807) is 13.8 Å². The van der Waals surface area contributed by atoms with Gasteiger partial charge in [0.2, 0.25) is 10.1 Å². The first-order valence-electron chi connectivity index (χ1n) is 8.13. The predicted octanol–water partition coefficient (Wildman–Crippen LogP) is 4.00. The van der Waals surface area contributed by atoms with Crippen LogP contribution in [0.1, 0.15) is 32.4 Å². The highest BCUT2D eigenvalue weighted by molar-refractivity contribution is 7.15. The van der Waals surface area contributed by atoms with E-state index < -0.39 is 17.1 Å². The van der Waals surface area contributed by atoms with Crippen molar-refractivity contribution in [1.29, 1.82) is 0 Å². The second-order valence-corrected chi connectivity index (χ2v) is 6.80. The van der Waals surface area contributed by atoms with Crippen LogP contribution >= 0.6 is 11.3 Å². The van der Waals surface area contributed by atoms with Crippen molar-refractivity contribution in [3.8, 4) is 11.5 Å². The minimum absolute atomic E-state index is 0.148.